The maximum atomic E-state index is 13.2. The SMILES string of the molecule is COc1ccc2[nH]cc(C3=CCN(CCN4C(=O)CC(c5c[nH]c6ccccc56)C4=O)CC3)c2c1. The smallest absolute Gasteiger partial charge is 0.237 e. The molecule has 0 bridgehead atoms. The van der Waals surface area contributed by atoms with Crippen LogP contribution in [0.2, 0.25) is 0 Å². The highest BCUT2D eigenvalue weighted by Crippen LogP contribution is 2.35. The molecule has 35 heavy (non-hydrogen) atoms. The molecule has 0 radical (unpaired) electrons. The Kier molecular flexibility index (Phi) is 5.41. The van der Waals surface area contributed by atoms with Crippen molar-refractivity contribution in [2.45, 2.75) is 18.8 Å². The minimum atomic E-state index is -0.398. The molecule has 6 rings (SSSR count). The summed E-state index contributed by atoms with van der Waals surface area (Å²) in [4.78, 5) is 36.2. The van der Waals surface area contributed by atoms with Crippen molar-refractivity contribution in [1.82, 2.24) is 19.8 Å². The second-order valence-electron chi connectivity index (χ2n) is 9.32. The monoisotopic (exact) mass is 468 g/mol. The molecule has 178 valence electrons. The summed E-state index contributed by atoms with van der Waals surface area (Å²) >= 11 is 0. The van der Waals surface area contributed by atoms with Gasteiger partial charge in [0.15, 0.2) is 0 Å². The number of hydrogen-bond acceptors (Lipinski definition) is 4. The number of amides is 2. The van der Waals surface area contributed by atoms with Crippen molar-refractivity contribution in [3.8, 4) is 5.75 Å². The zero-order valence-electron chi connectivity index (χ0n) is 19.7. The van der Waals surface area contributed by atoms with Gasteiger partial charge in [-0.05, 0) is 41.8 Å². The van der Waals surface area contributed by atoms with E-state index in [-0.39, 0.29) is 18.2 Å². The number of nitrogens with zero attached hydrogens (tertiary/aromatic N) is 2. The van der Waals surface area contributed by atoms with Crippen LogP contribution in [0.1, 0.15) is 29.9 Å². The molecule has 2 aromatic heterocycles. The molecule has 0 spiro atoms. The molecule has 1 atom stereocenters. The molecular weight excluding hydrogens is 440 g/mol. The summed E-state index contributed by atoms with van der Waals surface area (Å²) in [6, 6.07) is 14.0. The highest BCUT2D eigenvalue weighted by molar-refractivity contribution is 6.08. The maximum Gasteiger partial charge on any atom is 0.237 e. The number of rotatable bonds is 6. The fraction of sp³-hybridized carbons (Fsp3) is 0.286. The lowest BCUT2D eigenvalue weighted by molar-refractivity contribution is -0.138. The molecule has 2 aliphatic rings. The number of para-hydroxylation sites is 1. The van der Waals surface area contributed by atoms with Gasteiger partial charge in [0, 0.05) is 72.4 Å². The molecular formula is C28H28N4O3. The first-order valence-corrected chi connectivity index (χ1v) is 12.1. The zero-order valence-corrected chi connectivity index (χ0v) is 19.7. The third kappa shape index (κ3) is 3.82. The number of aromatic amines is 2. The second-order valence-corrected chi connectivity index (χ2v) is 9.32. The average molecular weight is 469 g/mol. The van der Waals surface area contributed by atoms with Gasteiger partial charge < -0.3 is 14.7 Å². The summed E-state index contributed by atoms with van der Waals surface area (Å²) in [6.45, 7) is 2.81. The Bertz CT molecular complexity index is 1460. The lowest BCUT2D eigenvalue weighted by Gasteiger charge is -2.28. The van der Waals surface area contributed by atoms with E-state index in [9.17, 15) is 9.59 Å². The highest BCUT2D eigenvalue weighted by Gasteiger charge is 2.40. The van der Waals surface area contributed by atoms with E-state index < -0.39 is 5.92 Å². The van der Waals surface area contributed by atoms with Gasteiger partial charge in [0.25, 0.3) is 0 Å². The van der Waals surface area contributed by atoms with Gasteiger partial charge in [-0.2, -0.15) is 0 Å². The van der Waals surface area contributed by atoms with Crippen LogP contribution in [-0.2, 0) is 9.59 Å². The standard InChI is InChI=1S/C28H28N4O3/c1-35-19-6-7-26-21(14-19)23(16-29-26)18-8-10-31(11-9-18)12-13-32-27(33)15-22(28(32)34)24-17-30-25-5-3-2-4-20(24)25/h2-8,14,16-17,22,29-30H,9-13,15H2,1H3. The van der Waals surface area contributed by atoms with Gasteiger partial charge in [-0.3, -0.25) is 19.4 Å². The molecule has 0 aliphatic carbocycles. The number of imide groups is 1. The van der Waals surface area contributed by atoms with Gasteiger partial charge in [0.1, 0.15) is 5.75 Å². The number of likely N-dealkylation sites (tertiary alicyclic amines) is 1. The molecule has 2 aromatic carbocycles. The molecule has 4 aromatic rings. The molecule has 1 fully saturated rings. The van der Waals surface area contributed by atoms with Crippen molar-refractivity contribution < 1.29 is 14.3 Å². The molecule has 2 N–H and O–H groups in total. The average Bonchev–Trinajstić information content (AvgIpc) is 3.58. The van der Waals surface area contributed by atoms with Gasteiger partial charge >= 0.3 is 0 Å². The summed E-state index contributed by atoms with van der Waals surface area (Å²) in [5, 5.41) is 2.18. The number of carbonyl (C=O) groups is 2. The van der Waals surface area contributed by atoms with Crippen LogP contribution in [0.3, 0.4) is 0 Å². The first-order valence-electron chi connectivity index (χ1n) is 12.1. The molecule has 4 heterocycles. The van der Waals surface area contributed by atoms with Crippen LogP contribution in [0.15, 0.2) is 60.9 Å². The number of carbonyl (C=O) groups excluding carboxylic acids is 2. The van der Waals surface area contributed by atoms with E-state index in [2.05, 4.69) is 33.2 Å². The Balaban J connectivity index is 1.11. The number of hydrogen-bond donors (Lipinski definition) is 2. The largest absolute Gasteiger partial charge is 0.497 e. The third-order valence-corrected chi connectivity index (χ3v) is 7.41. The number of aromatic nitrogens is 2. The second kappa shape index (κ2) is 8.74. The Labute approximate surface area is 203 Å². The van der Waals surface area contributed by atoms with E-state index in [0.717, 1.165) is 47.2 Å². The van der Waals surface area contributed by atoms with Crippen LogP contribution in [-0.4, -0.2) is 64.9 Å². The van der Waals surface area contributed by atoms with Crippen LogP contribution in [0.25, 0.3) is 27.4 Å². The molecule has 2 amide bonds. The van der Waals surface area contributed by atoms with Crippen LogP contribution in [0, 0.1) is 0 Å². The first-order chi connectivity index (χ1) is 17.1. The van der Waals surface area contributed by atoms with Gasteiger partial charge in [-0.15, -0.1) is 0 Å². The Morgan fingerprint density at radius 2 is 1.83 bits per heavy atom. The summed E-state index contributed by atoms with van der Waals surface area (Å²) in [5.41, 5.74) is 5.53. The number of fused-ring (bicyclic) bond motifs is 2. The summed E-state index contributed by atoms with van der Waals surface area (Å²) < 4.78 is 5.40. The summed E-state index contributed by atoms with van der Waals surface area (Å²) in [6.07, 6.45) is 7.37. The first kappa shape index (κ1) is 21.7. The summed E-state index contributed by atoms with van der Waals surface area (Å²) in [5.74, 6) is 0.291. The van der Waals surface area contributed by atoms with Crippen molar-refractivity contribution in [1.29, 1.82) is 0 Å². The molecule has 7 heteroatoms. The van der Waals surface area contributed by atoms with E-state index in [0.29, 0.717) is 13.1 Å². The van der Waals surface area contributed by atoms with Gasteiger partial charge in [-0.1, -0.05) is 24.3 Å². The van der Waals surface area contributed by atoms with Crippen molar-refractivity contribution in [3.63, 3.8) is 0 Å². The molecule has 1 saturated heterocycles. The molecule has 7 nitrogen and oxygen atoms in total. The minimum Gasteiger partial charge on any atom is -0.497 e. The third-order valence-electron chi connectivity index (χ3n) is 7.41. The topological polar surface area (TPSA) is 81.4 Å². The van der Waals surface area contributed by atoms with Gasteiger partial charge in [0.2, 0.25) is 11.8 Å². The van der Waals surface area contributed by atoms with Gasteiger partial charge in [-0.25, -0.2) is 0 Å². The quantitative estimate of drug-likeness (QED) is 0.414. The lowest BCUT2D eigenvalue weighted by Crippen LogP contribution is -2.39. The van der Waals surface area contributed by atoms with E-state index >= 15 is 0 Å². The number of nitrogens with one attached hydrogen (secondary N) is 2. The number of ether oxygens (including phenoxy) is 1. The van der Waals surface area contributed by atoms with E-state index in [1.807, 2.05) is 42.6 Å². The fourth-order valence-electron chi connectivity index (χ4n) is 5.44. The Morgan fingerprint density at radius 1 is 1.00 bits per heavy atom. The predicted octanol–water partition coefficient (Wildman–Crippen LogP) is 4.29. The van der Waals surface area contributed by atoms with Crippen LogP contribution in [0.5, 0.6) is 5.75 Å². The molecule has 0 saturated carbocycles. The number of methoxy groups -OCH3 is 1. The minimum absolute atomic E-state index is 0.0775. The highest BCUT2D eigenvalue weighted by atomic mass is 16.5. The van der Waals surface area contributed by atoms with E-state index in [1.54, 1.807) is 7.11 Å². The molecule has 2 aliphatic heterocycles. The Hall–Kier alpha value is -3.84. The predicted molar refractivity (Wildman–Crippen MR) is 136 cm³/mol. The normalized spacial score (nSPS) is 19.2. The number of H-pyrrole nitrogens is 2. The van der Waals surface area contributed by atoms with Crippen molar-refractivity contribution in [3.05, 3.63) is 72.1 Å². The van der Waals surface area contributed by atoms with Crippen LogP contribution in [0.4, 0.5) is 0 Å². The van der Waals surface area contributed by atoms with Crippen molar-refractivity contribution in [2.24, 2.45) is 0 Å². The lowest BCUT2D eigenvalue weighted by atomic mass is 9.97. The number of benzene rings is 2. The van der Waals surface area contributed by atoms with E-state index in [4.69, 9.17) is 4.74 Å². The summed E-state index contributed by atoms with van der Waals surface area (Å²) in [7, 11) is 1.68. The van der Waals surface area contributed by atoms with Gasteiger partial charge in [0.05, 0.1) is 13.0 Å². The van der Waals surface area contributed by atoms with Crippen molar-refractivity contribution >= 4 is 39.2 Å². The van der Waals surface area contributed by atoms with Crippen LogP contribution >= 0.6 is 0 Å². The zero-order chi connectivity index (χ0) is 23.9. The van der Waals surface area contributed by atoms with Crippen LogP contribution < -0.4 is 4.74 Å². The maximum absolute atomic E-state index is 13.2. The van der Waals surface area contributed by atoms with Crippen molar-refractivity contribution in [2.75, 3.05) is 33.3 Å². The van der Waals surface area contributed by atoms with E-state index in [1.165, 1.54) is 21.4 Å². The molecule has 1 unspecified atom stereocenters. The Morgan fingerprint density at radius 3 is 2.66 bits per heavy atom. The fourth-order valence-corrected chi connectivity index (χ4v) is 5.44.